The standard InChI is InChI=1S/C24H31N5O3/c1-16(15-28-18(3)13-17(2)26-28)14-25-21(30)10-12-27-23(32)19-7-5-6-8-20(19)29-22(31)9-11-24(27,29)4/h5-8,13,16H,9-12,14-15H2,1-4H3,(H,25,30). The Hall–Kier alpha value is -3.16. The fourth-order valence-electron chi connectivity index (χ4n) is 4.85. The number of hydrogen-bond donors (Lipinski definition) is 1. The Morgan fingerprint density at radius 1 is 1.25 bits per heavy atom. The van der Waals surface area contributed by atoms with Crippen LogP contribution < -0.4 is 10.2 Å². The van der Waals surface area contributed by atoms with Crippen molar-refractivity contribution in [3.8, 4) is 0 Å². The van der Waals surface area contributed by atoms with Crippen LogP contribution in [0.1, 0.15) is 54.9 Å². The summed E-state index contributed by atoms with van der Waals surface area (Å²) in [4.78, 5) is 41.9. The maximum Gasteiger partial charge on any atom is 0.257 e. The van der Waals surface area contributed by atoms with Gasteiger partial charge in [0.05, 0.1) is 16.9 Å². The van der Waals surface area contributed by atoms with Crippen molar-refractivity contribution in [1.29, 1.82) is 0 Å². The quantitative estimate of drug-likeness (QED) is 0.721. The minimum Gasteiger partial charge on any atom is -0.356 e. The zero-order chi connectivity index (χ0) is 23.0. The number of benzene rings is 1. The molecule has 2 aliphatic rings. The van der Waals surface area contributed by atoms with E-state index in [2.05, 4.69) is 17.3 Å². The first kappa shape index (κ1) is 22.0. The number of para-hydroxylation sites is 1. The molecule has 8 heteroatoms. The van der Waals surface area contributed by atoms with Crippen LogP contribution in [0, 0.1) is 19.8 Å². The molecular weight excluding hydrogens is 406 g/mol. The van der Waals surface area contributed by atoms with Gasteiger partial charge in [0.15, 0.2) is 0 Å². The van der Waals surface area contributed by atoms with E-state index < -0.39 is 5.66 Å². The smallest absolute Gasteiger partial charge is 0.257 e. The number of fused-ring (bicyclic) bond motifs is 3. The monoisotopic (exact) mass is 437 g/mol. The zero-order valence-electron chi connectivity index (χ0n) is 19.2. The normalized spacial score (nSPS) is 20.9. The highest BCUT2D eigenvalue weighted by atomic mass is 16.2. The number of carbonyl (C=O) groups is 3. The molecule has 3 amide bonds. The van der Waals surface area contributed by atoms with Crippen molar-refractivity contribution in [3.05, 3.63) is 47.3 Å². The summed E-state index contributed by atoms with van der Waals surface area (Å²) < 4.78 is 1.96. The van der Waals surface area contributed by atoms with Crippen molar-refractivity contribution in [3.63, 3.8) is 0 Å². The average molecular weight is 438 g/mol. The van der Waals surface area contributed by atoms with E-state index in [1.165, 1.54) is 0 Å². The van der Waals surface area contributed by atoms with Gasteiger partial charge in [-0.3, -0.25) is 24.0 Å². The van der Waals surface area contributed by atoms with Gasteiger partial charge in [-0.1, -0.05) is 19.1 Å². The molecule has 2 unspecified atom stereocenters. The molecule has 32 heavy (non-hydrogen) atoms. The van der Waals surface area contributed by atoms with E-state index in [0.717, 1.165) is 17.9 Å². The molecule has 4 rings (SSSR count). The molecule has 0 spiro atoms. The predicted octanol–water partition coefficient (Wildman–Crippen LogP) is 2.64. The van der Waals surface area contributed by atoms with Crippen LogP contribution in [-0.4, -0.2) is 51.2 Å². The van der Waals surface area contributed by atoms with Crippen molar-refractivity contribution in [2.45, 2.75) is 59.2 Å². The minimum atomic E-state index is -0.731. The number of anilines is 1. The Labute approximate surface area is 188 Å². The number of nitrogens with one attached hydrogen (secondary N) is 1. The third kappa shape index (κ3) is 3.89. The summed E-state index contributed by atoms with van der Waals surface area (Å²) in [6.07, 6.45) is 1.15. The van der Waals surface area contributed by atoms with Gasteiger partial charge in [0.25, 0.3) is 5.91 Å². The summed E-state index contributed by atoms with van der Waals surface area (Å²) in [7, 11) is 0. The first-order chi connectivity index (χ1) is 15.2. The van der Waals surface area contributed by atoms with Gasteiger partial charge in [-0.25, -0.2) is 0 Å². The van der Waals surface area contributed by atoms with Crippen LogP contribution in [0.4, 0.5) is 5.69 Å². The van der Waals surface area contributed by atoms with Gasteiger partial charge >= 0.3 is 0 Å². The molecule has 3 heterocycles. The number of amides is 3. The molecule has 2 aromatic rings. The Morgan fingerprint density at radius 2 is 2.00 bits per heavy atom. The second kappa shape index (κ2) is 8.41. The second-order valence-electron chi connectivity index (χ2n) is 9.19. The molecule has 2 aliphatic heterocycles. The van der Waals surface area contributed by atoms with Crippen LogP contribution in [0.5, 0.6) is 0 Å². The molecule has 1 aromatic carbocycles. The Morgan fingerprint density at radius 3 is 2.72 bits per heavy atom. The third-order valence-electron chi connectivity index (χ3n) is 6.54. The summed E-state index contributed by atoms with van der Waals surface area (Å²) >= 11 is 0. The second-order valence-corrected chi connectivity index (χ2v) is 9.19. The zero-order valence-corrected chi connectivity index (χ0v) is 19.2. The maximum absolute atomic E-state index is 13.2. The first-order valence-electron chi connectivity index (χ1n) is 11.2. The lowest BCUT2D eigenvalue weighted by Crippen LogP contribution is -2.62. The summed E-state index contributed by atoms with van der Waals surface area (Å²) in [5.41, 5.74) is 2.54. The van der Waals surface area contributed by atoms with Gasteiger partial charge in [-0.05, 0) is 51.3 Å². The Kier molecular flexibility index (Phi) is 5.79. The highest BCUT2D eigenvalue weighted by Crippen LogP contribution is 2.43. The molecular formula is C24H31N5O3. The van der Waals surface area contributed by atoms with E-state index in [1.54, 1.807) is 21.9 Å². The molecule has 0 radical (unpaired) electrons. The Bertz CT molecular complexity index is 1060. The fourth-order valence-corrected chi connectivity index (χ4v) is 4.85. The van der Waals surface area contributed by atoms with Crippen LogP contribution in [0.25, 0.3) is 0 Å². The van der Waals surface area contributed by atoms with E-state index in [9.17, 15) is 14.4 Å². The molecule has 0 saturated carbocycles. The average Bonchev–Trinajstić information content (AvgIpc) is 3.23. The first-order valence-corrected chi connectivity index (χ1v) is 11.2. The fraction of sp³-hybridized carbons (Fsp3) is 0.500. The number of carbonyl (C=O) groups excluding carboxylic acids is 3. The summed E-state index contributed by atoms with van der Waals surface area (Å²) in [5.74, 6) is 0.0110. The van der Waals surface area contributed by atoms with Crippen LogP contribution in [0.15, 0.2) is 30.3 Å². The van der Waals surface area contributed by atoms with Gasteiger partial charge in [0.1, 0.15) is 5.66 Å². The molecule has 1 fully saturated rings. The number of aryl methyl sites for hydroxylation is 2. The molecule has 1 aromatic heterocycles. The highest BCUT2D eigenvalue weighted by Gasteiger charge is 2.52. The van der Waals surface area contributed by atoms with Crippen molar-refractivity contribution in [2.24, 2.45) is 5.92 Å². The van der Waals surface area contributed by atoms with Gasteiger partial charge in [0, 0.05) is 38.2 Å². The minimum absolute atomic E-state index is 0.0138. The van der Waals surface area contributed by atoms with E-state index in [0.29, 0.717) is 30.6 Å². The molecule has 8 nitrogen and oxygen atoms in total. The van der Waals surface area contributed by atoms with Gasteiger partial charge in [-0.2, -0.15) is 5.10 Å². The number of nitrogens with zero attached hydrogens (tertiary/aromatic N) is 4. The van der Waals surface area contributed by atoms with Crippen LogP contribution in [-0.2, 0) is 16.1 Å². The molecule has 1 saturated heterocycles. The Balaban J connectivity index is 1.37. The lowest BCUT2D eigenvalue weighted by atomic mass is 9.98. The lowest BCUT2D eigenvalue weighted by Gasteiger charge is -2.48. The van der Waals surface area contributed by atoms with Crippen molar-refractivity contribution in [1.82, 2.24) is 20.0 Å². The molecule has 0 aliphatic carbocycles. The van der Waals surface area contributed by atoms with Crippen molar-refractivity contribution >= 4 is 23.4 Å². The summed E-state index contributed by atoms with van der Waals surface area (Å²) in [6, 6.07) is 9.25. The topological polar surface area (TPSA) is 87.5 Å². The molecule has 170 valence electrons. The van der Waals surface area contributed by atoms with Crippen LogP contribution in [0.2, 0.25) is 0 Å². The number of aromatic nitrogens is 2. The predicted molar refractivity (Wildman–Crippen MR) is 121 cm³/mol. The van der Waals surface area contributed by atoms with E-state index >= 15 is 0 Å². The van der Waals surface area contributed by atoms with Crippen LogP contribution in [0.3, 0.4) is 0 Å². The number of hydrogen-bond acceptors (Lipinski definition) is 4. The van der Waals surface area contributed by atoms with Gasteiger partial charge < -0.3 is 10.2 Å². The highest BCUT2D eigenvalue weighted by molar-refractivity contribution is 6.10. The molecule has 1 N–H and O–H groups in total. The van der Waals surface area contributed by atoms with Crippen molar-refractivity contribution in [2.75, 3.05) is 18.0 Å². The van der Waals surface area contributed by atoms with E-state index in [-0.39, 0.29) is 36.6 Å². The third-order valence-corrected chi connectivity index (χ3v) is 6.54. The van der Waals surface area contributed by atoms with Gasteiger partial charge in [-0.15, -0.1) is 0 Å². The molecule has 0 bridgehead atoms. The number of rotatable bonds is 7. The lowest BCUT2D eigenvalue weighted by molar-refractivity contribution is -0.121. The van der Waals surface area contributed by atoms with Crippen molar-refractivity contribution < 1.29 is 14.4 Å². The summed E-state index contributed by atoms with van der Waals surface area (Å²) in [6.45, 7) is 9.52. The SMILES string of the molecule is Cc1cc(C)n(CC(C)CNC(=O)CCN2C(=O)c3ccccc3N3C(=O)CCC23C)n1. The molecule has 2 atom stereocenters. The van der Waals surface area contributed by atoms with Crippen LogP contribution >= 0.6 is 0 Å². The summed E-state index contributed by atoms with van der Waals surface area (Å²) in [5, 5.41) is 7.46. The van der Waals surface area contributed by atoms with E-state index in [4.69, 9.17) is 0 Å². The van der Waals surface area contributed by atoms with Gasteiger partial charge in [0.2, 0.25) is 11.8 Å². The largest absolute Gasteiger partial charge is 0.356 e. The maximum atomic E-state index is 13.2. The van der Waals surface area contributed by atoms with E-state index in [1.807, 2.05) is 43.7 Å².